The Labute approximate surface area is 121 Å². The van der Waals surface area contributed by atoms with E-state index in [-0.39, 0.29) is 0 Å². The maximum absolute atomic E-state index is 4.49. The third-order valence-corrected chi connectivity index (χ3v) is 3.96. The van der Waals surface area contributed by atoms with Crippen molar-refractivity contribution in [1.82, 2.24) is 24.6 Å². The molecule has 0 amide bonds. The summed E-state index contributed by atoms with van der Waals surface area (Å²) in [4.78, 5) is 4.48. The van der Waals surface area contributed by atoms with Gasteiger partial charge in [0.15, 0.2) is 0 Å². The van der Waals surface area contributed by atoms with Gasteiger partial charge in [0.1, 0.15) is 5.82 Å². The average Bonchev–Trinajstić information content (AvgIpc) is 2.92. The van der Waals surface area contributed by atoms with E-state index < -0.39 is 0 Å². The molecule has 0 aliphatic heterocycles. The first kappa shape index (κ1) is 14.8. The number of nitrogens with zero attached hydrogens (tertiary/aromatic N) is 4. The average molecular weight is 275 g/mol. The van der Waals surface area contributed by atoms with Crippen LogP contribution in [0, 0.1) is 13.8 Å². The van der Waals surface area contributed by atoms with Crippen LogP contribution in [0.5, 0.6) is 0 Å². The predicted octanol–water partition coefficient (Wildman–Crippen LogP) is 2.05. The molecule has 2 heterocycles. The molecule has 0 saturated heterocycles. The first-order valence-corrected chi connectivity index (χ1v) is 7.24. The van der Waals surface area contributed by atoms with Gasteiger partial charge in [-0.25, -0.2) is 4.98 Å². The van der Waals surface area contributed by atoms with Crippen LogP contribution >= 0.6 is 0 Å². The van der Waals surface area contributed by atoms with Crippen LogP contribution in [-0.2, 0) is 20.5 Å². The van der Waals surface area contributed by atoms with Gasteiger partial charge in [-0.1, -0.05) is 6.92 Å². The summed E-state index contributed by atoms with van der Waals surface area (Å²) in [5.41, 5.74) is 3.77. The summed E-state index contributed by atoms with van der Waals surface area (Å²) < 4.78 is 4.06. The Morgan fingerprint density at radius 3 is 2.55 bits per heavy atom. The molecule has 0 spiro atoms. The largest absolute Gasteiger partial charge is 0.337 e. The van der Waals surface area contributed by atoms with E-state index in [0.717, 1.165) is 30.9 Å². The second-order valence-electron chi connectivity index (χ2n) is 5.32. The lowest BCUT2D eigenvalue weighted by atomic mass is 10.0. The molecule has 5 nitrogen and oxygen atoms in total. The molecule has 1 N–H and O–H groups in total. The van der Waals surface area contributed by atoms with Crippen LogP contribution in [0.25, 0.3) is 0 Å². The fourth-order valence-corrected chi connectivity index (χ4v) is 2.75. The van der Waals surface area contributed by atoms with Crippen LogP contribution in [0.4, 0.5) is 0 Å². The van der Waals surface area contributed by atoms with Gasteiger partial charge in [0, 0.05) is 32.2 Å². The Balaban J connectivity index is 2.12. The molecule has 0 radical (unpaired) electrons. The predicted molar refractivity (Wildman–Crippen MR) is 80.6 cm³/mol. The van der Waals surface area contributed by atoms with E-state index in [2.05, 4.69) is 40.7 Å². The van der Waals surface area contributed by atoms with Gasteiger partial charge in [0.2, 0.25) is 0 Å². The summed E-state index contributed by atoms with van der Waals surface area (Å²) >= 11 is 0. The van der Waals surface area contributed by atoms with Crippen molar-refractivity contribution in [2.75, 3.05) is 6.54 Å². The van der Waals surface area contributed by atoms with Crippen LogP contribution < -0.4 is 5.32 Å². The lowest BCUT2D eigenvalue weighted by Crippen LogP contribution is -2.24. The summed E-state index contributed by atoms with van der Waals surface area (Å²) in [6.07, 6.45) is 5.92. The van der Waals surface area contributed by atoms with Crippen molar-refractivity contribution in [3.8, 4) is 0 Å². The van der Waals surface area contributed by atoms with Gasteiger partial charge in [0.05, 0.1) is 11.7 Å². The molecule has 20 heavy (non-hydrogen) atoms. The smallest absolute Gasteiger partial charge is 0.125 e. The summed E-state index contributed by atoms with van der Waals surface area (Å²) in [6.45, 7) is 7.31. The lowest BCUT2D eigenvalue weighted by molar-refractivity contribution is 0.477. The number of imidazole rings is 1. The first-order chi connectivity index (χ1) is 9.54. The Kier molecular flexibility index (Phi) is 4.60. The van der Waals surface area contributed by atoms with E-state index in [1.54, 1.807) is 0 Å². The Morgan fingerprint density at radius 1 is 1.30 bits per heavy atom. The Morgan fingerprint density at radius 2 is 2.05 bits per heavy atom. The quantitative estimate of drug-likeness (QED) is 0.878. The van der Waals surface area contributed by atoms with Crippen LogP contribution in [0.2, 0.25) is 0 Å². The molecule has 1 unspecified atom stereocenters. The highest BCUT2D eigenvalue weighted by Crippen LogP contribution is 2.20. The zero-order valence-corrected chi connectivity index (χ0v) is 13.1. The van der Waals surface area contributed by atoms with Gasteiger partial charge in [0.25, 0.3) is 0 Å². The van der Waals surface area contributed by atoms with E-state index in [1.165, 1.54) is 11.3 Å². The summed E-state index contributed by atoms with van der Waals surface area (Å²) in [7, 11) is 4.06. The zero-order valence-electron chi connectivity index (χ0n) is 13.1. The molecule has 1 atom stereocenters. The lowest BCUT2D eigenvalue weighted by Gasteiger charge is -2.17. The van der Waals surface area contributed by atoms with Crippen LogP contribution in [-0.4, -0.2) is 25.9 Å². The highest BCUT2D eigenvalue weighted by atomic mass is 15.3. The molecule has 0 aliphatic rings. The minimum absolute atomic E-state index is 0.291. The van der Waals surface area contributed by atoms with Crippen molar-refractivity contribution >= 4 is 0 Å². The molecule has 2 aromatic rings. The number of nitrogens with one attached hydrogen (secondary N) is 1. The van der Waals surface area contributed by atoms with Crippen molar-refractivity contribution in [2.45, 2.75) is 39.7 Å². The minimum atomic E-state index is 0.291. The molecule has 0 saturated carbocycles. The number of aromatic nitrogens is 4. The number of hydrogen-bond donors (Lipinski definition) is 1. The zero-order chi connectivity index (χ0) is 14.7. The van der Waals surface area contributed by atoms with Crippen LogP contribution in [0.1, 0.15) is 42.2 Å². The van der Waals surface area contributed by atoms with E-state index in [0.29, 0.717) is 6.04 Å². The second-order valence-corrected chi connectivity index (χ2v) is 5.32. The van der Waals surface area contributed by atoms with Crippen LogP contribution in [0.3, 0.4) is 0 Å². The summed E-state index contributed by atoms with van der Waals surface area (Å²) in [5.74, 6) is 1.10. The molecule has 2 rings (SSSR count). The maximum atomic E-state index is 4.49. The molecule has 110 valence electrons. The molecular weight excluding hydrogens is 250 g/mol. The molecule has 0 aliphatic carbocycles. The first-order valence-electron chi connectivity index (χ1n) is 7.24. The summed E-state index contributed by atoms with van der Waals surface area (Å²) in [6, 6.07) is 0.291. The maximum Gasteiger partial charge on any atom is 0.125 e. The Bertz CT molecular complexity index is 567. The Hall–Kier alpha value is -1.62. The van der Waals surface area contributed by atoms with E-state index >= 15 is 0 Å². The number of aryl methyl sites for hydroxylation is 3. The molecule has 2 aromatic heterocycles. The summed E-state index contributed by atoms with van der Waals surface area (Å²) in [5, 5.41) is 8.02. The van der Waals surface area contributed by atoms with Gasteiger partial charge >= 0.3 is 0 Å². The van der Waals surface area contributed by atoms with Gasteiger partial charge in [-0.2, -0.15) is 5.10 Å². The number of rotatable bonds is 6. The van der Waals surface area contributed by atoms with Crippen molar-refractivity contribution in [2.24, 2.45) is 14.1 Å². The third kappa shape index (κ3) is 2.93. The normalized spacial score (nSPS) is 12.8. The number of hydrogen-bond acceptors (Lipinski definition) is 3. The topological polar surface area (TPSA) is 47.7 Å². The van der Waals surface area contributed by atoms with Crippen molar-refractivity contribution in [3.05, 3.63) is 35.2 Å². The van der Waals surface area contributed by atoms with Crippen molar-refractivity contribution in [1.29, 1.82) is 0 Å². The van der Waals surface area contributed by atoms with Crippen molar-refractivity contribution < 1.29 is 0 Å². The van der Waals surface area contributed by atoms with Gasteiger partial charge in [-0.15, -0.1) is 0 Å². The standard InChI is InChI=1S/C15H25N5/c1-6-16-14(15-17-9-10-19(15)4)8-7-13-11(2)18-20(5)12(13)3/h9-10,14,16H,6-8H2,1-5H3. The van der Waals surface area contributed by atoms with Crippen LogP contribution in [0.15, 0.2) is 12.4 Å². The van der Waals surface area contributed by atoms with E-state index in [4.69, 9.17) is 0 Å². The highest BCUT2D eigenvalue weighted by molar-refractivity contribution is 5.24. The second kappa shape index (κ2) is 6.22. The van der Waals surface area contributed by atoms with E-state index in [9.17, 15) is 0 Å². The molecule has 0 aromatic carbocycles. The van der Waals surface area contributed by atoms with Gasteiger partial charge in [-0.3, -0.25) is 4.68 Å². The third-order valence-electron chi connectivity index (χ3n) is 3.96. The molecule has 0 fully saturated rings. The highest BCUT2D eigenvalue weighted by Gasteiger charge is 2.17. The van der Waals surface area contributed by atoms with E-state index in [1.807, 2.05) is 31.2 Å². The van der Waals surface area contributed by atoms with Gasteiger partial charge < -0.3 is 9.88 Å². The fourth-order valence-electron chi connectivity index (χ4n) is 2.75. The fraction of sp³-hybridized carbons (Fsp3) is 0.600. The minimum Gasteiger partial charge on any atom is -0.337 e. The monoisotopic (exact) mass is 275 g/mol. The molecule has 5 heteroatoms. The van der Waals surface area contributed by atoms with Crippen molar-refractivity contribution in [3.63, 3.8) is 0 Å². The molecule has 0 bridgehead atoms. The van der Waals surface area contributed by atoms with Gasteiger partial charge in [-0.05, 0) is 38.8 Å². The molecular formula is C15H25N5. The SMILES string of the molecule is CCNC(CCc1c(C)nn(C)c1C)c1nccn1C.